The SMILES string of the molecule is N#C/C(=C/c1cc(Br)c(OCc2ccc(Cl)c(Cl)c2)c(Br)c1)C(=O)NC(N)=O. The predicted octanol–water partition coefficient (Wildman–Crippen LogP) is 5.20. The molecule has 0 heterocycles. The summed E-state index contributed by atoms with van der Waals surface area (Å²) < 4.78 is 6.98. The van der Waals surface area contributed by atoms with Gasteiger partial charge in [-0.15, -0.1) is 0 Å². The molecule has 0 spiro atoms. The van der Waals surface area contributed by atoms with Crippen LogP contribution >= 0.6 is 55.1 Å². The third-order valence-corrected chi connectivity index (χ3v) is 5.22. The third-order valence-electron chi connectivity index (χ3n) is 3.30. The monoisotopic (exact) mass is 545 g/mol. The van der Waals surface area contributed by atoms with E-state index in [9.17, 15) is 9.59 Å². The molecule has 0 aromatic heterocycles. The normalized spacial score (nSPS) is 10.9. The fraction of sp³-hybridized carbons (Fsp3) is 0.0556. The van der Waals surface area contributed by atoms with E-state index in [-0.39, 0.29) is 12.2 Å². The van der Waals surface area contributed by atoms with Gasteiger partial charge in [0.2, 0.25) is 0 Å². The molecule has 0 atom stereocenters. The van der Waals surface area contributed by atoms with Gasteiger partial charge in [0.25, 0.3) is 5.91 Å². The van der Waals surface area contributed by atoms with Gasteiger partial charge >= 0.3 is 6.03 Å². The molecule has 0 fully saturated rings. The Bertz CT molecular complexity index is 997. The number of primary amides is 1. The van der Waals surface area contributed by atoms with Crippen molar-refractivity contribution in [3.05, 3.63) is 66.0 Å². The molecule has 0 aliphatic rings. The average molecular weight is 548 g/mol. The molecule has 0 aliphatic carbocycles. The summed E-state index contributed by atoms with van der Waals surface area (Å²) in [5, 5.41) is 11.8. The van der Waals surface area contributed by atoms with Crippen LogP contribution in [0.3, 0.4) is 0 Å². The van der Waals surface area contributed by atoms with E-state index in [1.165, 1.54) is 6.08 Å². The van der Waals surface area contributed by atoms with E-state index in [0.717, 1.165) is 5.56 Å². The number of imide groups is 1. The summed E-state index contributed by atoms with van der Waals surface area (Å²) >= 11 is 18.7. The molecular formula is C18H11Br2Cl2N3O3. The number of amides is 3. The van der Waals surface area contributed by atoms with E-state index in [2.05, 4.69) is 31.9 Å². The molecule has 0 aliphatic heterocycles. The van der Waals surface area contributed by atoms with Crippen molar-refractivity contribution < 1.29 is 14.3 Å². The highest BCUT2D eigenvalue weighted by Gasteiger charge is 2.13. The molecule has 10 heteroatoms. The lowest BCUT2D eigenvalue weighted by Gasteiger charge is -2.12. The van der Waals surface area contributed by atoms with Crippen molar-refractivity contribution in [1.82, 2.24) is 5.32 Å². The molecule has 28 heavy (non-hydrogen) atoms. The second kappa shape index (κ2) is 9.94. The Morgan fingerprint density at radius 1 is 1.18 bits per heavy atom. The van der Waals surface area contributed by atoms with Gasteiger partial charge in [0.05, 0.1) is 19.0 Å². The molecule has 2 rings (SSSR count). The molecule has 2 aromatic rings. The lowest BCUT2D eigenvalue weighted by molar-refractivity contribution is -0.115. The van der Waals surface area contributed by atoms with E-state index < -0.39 is 11.9 Å². The van der Waals surface area contributed by atoms with E-state index in [4.69, 9.17) is 38.9 Å². The number of urea groups is 1. The van der Waals surface area contributed by atoms with Crippen LogP contribution in [0.2, 0.25) is 10.0 Å². The first-order chi connectivity index (χ1) is 13.2. The van der Waals surface area contributed by atoms with Gasteiger partial charge in [0.1, 0.15) is 24.0 Å². The number of halogens is 4. The number of rotatable bonds is 5. The average Bonchev–Trinajstić information content (AvgIpc) is 2.61. The van der Waals surface area contributed by atoms with Crippen LogP contribution in [0.4, 0.5) is 4.79 Å². The number of nitriles is 1. The van der Waals surface area contributed by atoms with Crippen molar-refractivity contribution in [2.24, 2.45) is 5.73 Å². The van der Waals surface area contributed by atoms with Gasteiger partial charge in [0.15, 0.2) is 0 Å². The van der Waals surface area contributed by atoms with Gasteiger partial charge < -0.3 is 10.5 Å². The Morgan fingerprint density at radius 2 is 1.82 bits per heavy atom. The zero-order chi connectivity index (χ0) is 20.8. The fourth-order valence-corrected chi connectivity index (χ4v) is 3.85. The van der Waals surface area contributed by atoms with Gasteiger partial charge in [-0.3, -0.25) is 10.1 Å². The number of carbonyl (C=O) groups excluding carboxylic acids is 2. The number of nitrogens with zero attached hydrogens (tertiary/aromatic N) is 1. The van der Waals surface area contributed by atoms with Crippen LogP contribution in [-0.4, -0.2) is 11.9 Å². The Labute approximate surface area is 187 Å². The van der Waals surface area contributed by atoms with Gasteiger partial charge in [-0.25, -0.2) is 4.79 Å². The number of nitrogens with two attached hydrogens (primary N) is 1. The Balaban J connectivity index is 2.23. The van der Waals surface area contributed by atoms with Crippen LogP contribution in [0.1, 0.15) is 11.1 Å². The molecule has 0 bridgehead atoms. The number of carbonyl (C=O) groups is 2. The van der Waals surface area contributed by atoms with Crippen LogP contribution in [0.25, 0.3) is 6.08 Å². The van der Waals surface area contributed by atoms with Crippen LogP contribution in [-0.2, 0) is 11.4 Å². The first kappa shape index (κ1) is 22.2. The zero-order valence-corrected chi connectivity index (χ0v) is 18.6. The maximum absolute atomic E-state index is 11.8. The third kappa shape index (κ3) is 5.97. The van der Waals surface area contributed by atoms with Crippen LogP contribution < -0.4 is 15.8 Å². The highest BCUT2D eigenvalue weighted by Crippen LogP contribution is 2.36. The largest absolute Gasteiger partial charge is 0.487 e. The fourth-order valence-electron chi connectivity index (χ4n) is 2.08. The number of benzene rings is 2. The second-order valence-corrected chi connectivity index (χ2v) is 7.86. The minimum absolute atomic E-state index is 0.244. The summed E-state index contributed by atoms with van der Waals surface area (Å²) in [5.41, 5.74) is 5.97. The number of nitrogens with one attached hydrogen (secondary N) is 1. The summed E-state index contributed by atoms with van der Waals surface area (Å²) in [5.74, 6) is -0.370. The number of ether oxygens (including phenoxy) is 1. The van der Waals surface area contributed by atoms with Crippen LogP contribution in [0.15, 0.2) is 44.9 Å². The summed E-state index contributed by atoms with van der Waals surface area (Å²) in [6.07, 6.45) is 1.32. The van der Waals surface area contributed by atoms with E-state index >= 15 is 0 Å². The summed E-state index contributed by atoms with van der Waals surface area (Å²) in [6, 6.07) is 9.18. The van der Waals surface area contributed by atoms with Crippen molar-refractivity contribution in [3.8, 4) is 11.8 Å². The highest BCUT2D eigenvalue weighted by atomic mass is 79.9. The standard InChI is InChI=1S/C18H11Br2Cl2N3O3/c19-12-4-10(3-11(7-23)17(26)25-18(24)27)5-13(20)16(12)28-8-9-1-2-14(21)15(22)6-9/h1-6H,8H2,(H3,24,25,26,27)/b11-3-. The smallest absolute Gasteiger partial charge is 0.319 e. The number of hydrogen-bond acceptors (Lipinski definition) is 4. The topological polar surface area (TPSA) is 105 Å². The minimum atomic E-state index is -1.04. The summed E-state index contributed by atoms with van der Waals surface area (Å²) in [4.78, 5) is 22.5. The lowest BCUT2D eigenvalue weighted by Crippen LogP contribution is -2.35. The maximum atomic E-state index is 11.8. The molecule has 0 radical (unpaired) electrons. The summed E-state index contributed by atoms with van der Waals surface area (Å²) in [6.45, 7) is 0.244. The molecule has 3 amide bonds. The van der Waals surface area contributed by atoms with Crippen molar-refractivity contribution in [3.63, 3.8) is 0 Å². The van der Waals surface area contributed by atoms with Crippen molar-refractivity contribution in [2.75, 3.05) is 0 Å². The lowest BCUT2D eigenvalue weighted by atomic mass is 10.1. The van der Waals surface area contributed by atoms with E-state index in [1.807, 2.05) is 5.32 Å². The molecule has 0 unspecified atom stereocenters. The zero-order valence-electron chi connectivity index (χ0n) is 13.9. The molecule has 6 nitrogen and oxygen atoms in total. The van der Waals surface area contributed by atoms with Crippen molar-refractivity contribution >= 4 is 73.1 Å². The maximum Gasteiger partial charge on any atom is 0.319 e. The predicted molar refractivity (Wildman–Crippen MR) is 114 cm³/mol. The quantitative estimate of drug-likeness (QED) is 0.396. The van der Waals surface area contributed by atoms with E-state index in [0.29, 0.717) is 30.3 Å². The number of hydrogen-bond donors (Lipinski definition) is 2. The van der Waals surface area contributed by atoms with Crippen molar-refractivity contribution in [1.29, 1.82) is 5.26 Å². The molecule has 3 N–H and O–H groups in total. The van der Waals surface area contributed by atoms with Crippen LogP contribution in [0, 0.1) is 11.3 Å². The van der Waals surface area contributed by atoms with Gasteiger partial charge in [0, 0.05) is 0 Å². The van der Waals surface area contributed by atoms with E-state index in [1.54, 1.807) is 36.4 Å². The van der Waals surface area contributed by atoms with Crippen molar-refractivity contribution in [2.45, 2.75) is 6.61 Å². The molecular weight excluding hydrogens is 537 g/mol. The molecule has 0 saturated heterocycles. The van der Waals surface area contributed by atoms with Gasteiger partial charge in [-0.2, -0.15) is 5.26 Å². The first-order valence-electron chi connectivity index (χ1n) is 7.49. The molecule has 2 aromatic carbocycles. The molecule has 144 valence electrons. The Morgan fingerprint density at radius 3 is 2.36 bits per heavy atom. The first-order valence-corrected chi connectivity index (χ1v) is 9.83. The Hall–Kier alpha value is -2.05. The summed E-state index contributed by atoms with van der Waals surface area (Å²) in [7, 11) is 0. The Kier molecular flexibility index (Phi) is 7.89. The highest BCUT2D eigenvalue weighted by molar-refractivity contribution is 9.11. The minimum Gasteiger partial charge on any atom is -0.487 e. The second-order valence-electron chi connectivity index (χ2n) is 5.34. The van der Waals surface area contributed by atoms with Gasteiger partial charge in [-0.1, -0.05) is 29.3 Å². The molecule has 0 saturated carbocycles. The van der Waals surface area contributed by atoms with Crippen LogP contribution in [0.5, 0.6) is 5.75 Å². The van der Waals surface area contributed by atoms with Gasteiger partial charge in [-0.05, 0) is 73.3 Å².